The smallest absolute Gasteiger partial charge is 0.282 e. The first kappa shape index (κ1) is 30.2. The van der Waals surface area contributed by atoms with Gasteiger partial charge in [-0.3, -0.25) is 14.4 Å². The van der Waals surface area contributed by atoms with Crippen molar-refractivity contribution in [2.24, 2.45) is 0 Å². The van der Waals surface area contributed by atoms with E-state index in [-0.39, 0.29) is 46.1 Å². The average Bonchev–Trinajstić information content (AvgIpc) is 3.98. The largest absolute Gasteiger partial charge is 0.377 e. The Morgan fingerprint density at radius 2 is 1.87 bits per heavy atom. The number of aromatic nitrogens is 2. The predicted octanol–water partition coefficient (Wildman–Crippen LogP) is 4.61. The highest BCUT2D eigenvalue weighted by molar-refractivity contribution is 6.05. The van der Waals surface area contributed by atoms with Crippen molar-refractivity contribution in [3.05, 3.63) is 80.9 Å². The summed E-state index contributed by atoms with van der Waals surface area (Å²) < 4.78 is 34.6. The monoisotopic (exact) mass is 628 g/mol. The Hall–Kier alpha value is -4.47. The molecule has 2 amide bonds. The van der Waals surface area contributed by atoms with Crippen LogP contribution in [0.25, 0.3) is 11.1 Å². The fourth-order valence-electron chi connectivity index (χ4n) is 6.14. The van der Waals surface area contributed by atoms with E-state index in [0.717, 1.165) is 55.6 Å². The zero-order valence-electron chi connectivity index (χ0n) is 25.2. The lowest BCUT2D eigenvalue weighted by atomic mass is 9.95. The van der Waals surface area contributed by atoms with Crippen LogP contribution in [0.1, 0.15) is 88.0 Å². The zero-order chi connectivity index (χ0) is 32.0. The number of anilines is 1. The lowest BCUT2D eigenvalue weighted by Gasteiger charge is -2.39. The highest BCUT2D eigenvalue weighted by Crippen LogP contribution is 2.42. The minimum absolute atomic E-state index is 0.0106. The summed E-state index contributed by atoms with van der Waals surface area (Å²) in [5.41, 5.74) is 2.51. The third-order valence-corrected chi connectivity index (χ3v) is 8.91. The Morgan fingerprint density at radius 3 is 2.54 bits per heavy atom. The van der Waals surface area contributed by atoms with Gasteiger partial charge in [0.15, 0.2) is 0 Å². The van der Waals surface area contributed by atoms with E-state index in [2.05, 4.69) is 15.6 Å². The Labute approximate surface area is 264 Å². The number of rotatable bonds is 10. The number of nitrogens with one attached hydrogen (secondary N) is 2. The third kappa shape index (κ3) is 6.43. The number of nitrogens with zero attached hydrogens (tertiary/aromatic N) is 4. The van der Waals surface area contributed by atoms with Gasteiger partial charge in [-0.05, 0) is 85.5 Å². The summed E-state index contributed by atoms with van der Waals surface area (Å²) in [5, 5.41) is 15.7. The number of benzene rings is 1. The molecular formula is C34H34F2N6O4. The van der Waals surface area contributed by atoms with E-state index in [4.69, 9.17) is 4.74 Å². The molecule has 238 valence electrons. The van der Waals surface area contributed by atoms with Gasteiger partial charge in [-0.15, -0.1) is 0 Å². The van der Waals surface area contributed by atoms with Crippen LogP contribution in [0.15, 0.2) is 47.4 Å². The fourth-order valence-corrected chi connectivity index (χ4v) is 6.14. The molecule has 0 radical (unpaired) electrons. The van der Waals surface area contributed by atoms with Gasteiger partial charge in [0.1, 0.15) is 11.4 Å². The van der Waals surface area contributed by atoms with Gasteiger partial charge >= 0.3 is 0 Å². The number of pyridine rings is 2. The molecule has 7 rings (SSSR count). The second kappa shape index (κ2) is 12.0. The number of likely N-dealkylation sites (tertiary alicyclic amines) is 1. The van der Waals surface area contributed by atoms with E-state index in [0.29, 0.717) is 29.9 Å². The van der Waals surface area contributed by atoms with Crippen LogP contribution in [0.4, 0.5) is 14.6 Å². The average molecular weight is 629 g/mol. The molecule has 12 heteroatoms. The first-order valence-corrected chi connectivity index (χ1v) is 15.8. The Bertz CT molecular complexity index is 1800. The number of hydrogen-bond acceptors (Lipinski definition) is 7. The number of carbonyl (C=O) groups is 2. The maximum absolute atomic E-state index is 13.7. The zero-order valence-corrected chi connectivity index (χ0v) is 25.2. The molecule has 1 atom stereocenters. The number of halogens is 2. The van der Waals surface area contributed by atoms with Crippen molar-refractivity contribution < 1.29 is 23.1 Å². The third-order valence-electron chi connectivity index (χ3n) is 8.91. The van der Waals surface area contributed by atoms with Crippen molar-refractivity contribution in [3.63, 3.8) is 0 Å². The van der Waals surface area contributed by atoms with E-state index >= 15 is 0 Å². The molecule has 4 fully saturated rings. The molecule has 2 saturated carbocycles. The van der Waals surface area contributed by atoms with Crippen molar-refractivity contribution in [2.45, 2.75) is 69.1 Å². The van der Waals surface area contributed by atoms with Crippen molar-refractivity contribution >= 4 is 17.6 Å². The van der Waals surface area contributed by atoms with Crippen LogP contribution in [0.3, 0.4) is 0 Å². The summed E-state index contributed by atoms with van der Waals surface area (Å²) in [6.45, 7) is 0.555. The molecule has 2 aliphatic carbocycles. The molecule has 1 aromatic carbocycles. The molecule has 4 heterocycles. The van der Waals surface area contributed by atoms with Crippen molar-refractivity contribution in [1.82, 2.24) is 19.8 Å². The van der Waals surface area contributed by atoms with E-state index in [1.807, 2.05) is 18.3 Å². The molecule has 2 aliphatic heterocycles. The summed E-state index contributed by atoms with van der Waals surface area (Å²) >= 11 is 0. The molecule has 2 aromatic heterocycles. The van der Waals surface area contributed by atoms with Gasteiger partial charge in [-0.25, -0.2) is 13.8 Å². The highest BCUT2D eigenvalue weighted by atomic mass is 19.3. The number of hydrogen-bond donors (Lipinski definition) is 2. The lowest BCUT2D eigenvalue weighted by Crippen LogP contribution is -2.58. The van der Waals surface area contributed by atoms with Gasteiger partial charge in [0, 0.05) is 49.1 Å². The van der Waals surface area contributed by atoms with E-state index < -0.39 is 30.8 Å². The number of ether oxygens (including phenoxy) is 1. The summed E-state index contributed by atoms with van der Waals surface area (Å²) in [5.74, 6) is -3.75. The minimum Gasteiger partial charge on any atom is -0.377 e. The second-order valence-corrected chi connectivity index (χ2v) is 12.8. The van der Waals surface area contributed by atoms with Crippen molar-refractivity contribution in [1.29, 1.82) is 5.26 Å². The van der Waals surface area contributed by atoms with Gasteiger partial charge in [-0.2, -0.15) is 5.26 Å². The quantitative estimate of drug-likeness (QED) is 0.336. The van der Waals surface area contributed by atoms with Gasteiger partial charge in [0.25, 0.3) is 23.3 Å². The van der Waals surface area contributed by atoms with Crippen LogP contribution in [0.2, 0.25) is 0 Å². The lowest BCUT2D eigenvalue weighted by molar-refractivity contribution is -0.113. The number of carbonyl (C=O) groups excluding carboxylic acids is 2. The molecule has 0 bridgehead atoms. The van der Waals surface area contributed by atoms with Crippen molar-refractivity contribution in [2.75, 3.05) is 31.6 Å². The van der Waals surface area contributed by atoms with Crippen LogP contribution >= 0.6 is 0 Å². The number of alkyl halides is 2. The first-order chi connectivity index (χ1) is 22.2. The highest BCUT2D eigenvalue weighted by Gasteiger charge is 2.46. The molecule has 2 saturated heterocycles. The minimum atomic E-state index is -2.94. The number of amides is 2. The number of nitriles is 1. The van der Waals surface area contributed by atoms with E-state index in [9.17, 15) is 28.4 Å². The predicted molar refractivity (Wildman–Crippen MR) is 165 cm³/mol. The molecule has 4 aliphatic rings. The summed E-state index contributed by atoms with van der Waals surface area (Å²) in [6.07, 6.45) is 7.62. The van der Waals surface area contributed by atoms with Crippen molar-refractivity contribution in [3.8, 4) is 17.2 Å². The molecule has 10 nitrogen and oxygen atoms in total. The van der Waals surface area contributed by atoms with E-state index in [1.54, 1.807) is 28.8 Å². The van der Waals surface area contributed by atoms with Crippen LogP contribution in [-0.4, -0.2) is 64.5 Å². The molecule has 3 aromatic rings. The summed E-state index contributed by atoms with van der Waals surface area (Å²) in [6, 6.07) is 11.7. The SMILES string of the molecule is N#Cc1ccc(-c2cc(NC(=O)c3cc(CNCC4CCCO4)cn(C4CC4)c3=O)nc(C3CC3)c2)c(C(=O)N2CC(F)(F)C2)c1. The summed E-state index contributed by atoms with van der Waals surface area (Å²) in [7, 11) is 0. The molecule has 1 unspecified atom stereocenters. The van der Waals surface area contributed by atoms with Crippen LogP contribution in [-0.2, 0) is 11.3 Å². The van der Waals surface area contributed by atoms with Crippen LogP contribution < -0.4 is 16.2 Å². The molecular weight excluding hydrogens is 594 g/mol. The first-order valence-electron chi connectivity index (χ1n) is 15.8. The Balaban J connectivity index is 1.18. The topological polar surface area (TPSA) is 129 Å². The maximum Gasteiger partial charge on any atom is 0.282 e. The molecule has 46 heavy (non-hydrogen) atoms. The van der Waals surface area contributed by atoms with Crippen LogP contribution in [0, 0.1) is 11.3 Å². The van der Waals surface area contributed by atoms with Gasteiger partial charge < -0.3 is 24.8 Å². The van der Waals surface area contributed by atoms with Crippen LogP contribution in [0.5, 0.6) is 0 Å². The summed E-state index contributed by atoms with van der Waals surface area (Å²) in [4.78, 5) is 46.2. The van der Waals surface area contributed by atoms with Gasteiger partial charge in [0.05, 0.1) is 30.8 Å². The normalized spacial score (nSPS) is 20.2. The standard InChI is InChI=1S/C34H34F2N6O4/c35-34(36)18-41(19-34)32(44)27-10-20(14-37)3-8-26(27)23-12-29(22-4-5-22)39-30(13-23)40-31(43)28-11-21(15-38-16-25-2-1-9-46-25)17-42(33(28)45)24-6-7-24/h3,8,10-13,17,22,24-25,38H,1-2,4-7,9,15-16,18-19H2,(H,39,40,43). The second-order valence-electron chi connectivity index (χ2n) is 12.8. The maximum atomic E-state index is 13.7. The van der Waals surface area contributed by atoms with Gasteiger partial charge in [-0.1, -0.05) is 6.07 Å². The fraction of sp³-hybridized carbons (Fsp3) is 0.441. The van der Waals surface area contributed by atoms with Gasteiger partial charge in [0.2, 0.25) is 0 Å². The Morgan fingerprint density at radius 1 is 1.07 bits per heavy atom. The molecule has 0 spiro atoms. The Kier molecular flexibility index (Phi) is 7.90. The molecule has 2 N–H and O–H groups in total. The van der Waals surface area contributed by atoms with E-state index in [1.165, 1.54) is 6.07 Å².